The second kappa shape index (κ2) is 4.18. The first kappa shape index (κ1) is 10.4. The molecule has 0 unspecified atom stereocenters. The monoisotopic (exact) mass is 217 g/mol. The van der Waals surface area contributed by atoms with E-state index in [9.17, 15) is 9.59 Å². The lowest BCUT2D eigenvalue weighted by Crippen LogP contribution is -2.29. The van der Waals surface area contributed by atoms with Crippen LogP contribution < -0.4 is 0 Å². The van der Waals surface area contributed by atoms with Crippen LogP contribution in [0.4, 0.5) is 0 Å². The Hall–Kier alpha value is -2.10. The second-order valence-electron chi connectivity index (χ2n) is 3.53. The zero-order valence-corrected chi connectivity index (χ0v) is 8.59. The molecule has 0 saturated carbocycles. The number of hydrogen-bond donors (Lipinski definition) is 1. The number of aromatic carboxylic acids is 1. The molecule has 0 aliphatic carbocycles. The van der Waals surface area contributed by atoms with Crippen LogP contribution in [0.25, 0.3) is 0 Å². The molecule has 0 radical (unpaired) electrons. The molecule has 1 heterocycles. The highest BCUT2D eigenvalue weighted by Gasteiger charge is 2.21. The van der Waals surface area contributed by atoms with Gasteiger partial charge in [0.2, 0.25) is 0 Å². The number of carbonyl (C=O) groups excluding carboxylic acids is 1. The molecule has 0 fully saturated rings. The van der Waals surface area contributed by atoms with E-state index >= 15 is 0 Å². The first-order valence-corrected chi connectivity index (χ1v) is 4.97. The molecule has 2 rings (SSSR count). The van der Waals surface area contributed by atoms with Gasteiger partial charge in [0.15, 0.2) is 0 Å². The van der Waals surface area contributed by atoms with Crippen LogP contribution in [0.1, 0.15) is 20.7 Å². The Kier molecular flexibility index (Phi) is 2.72. The van der Waals surface area contributed by atoms with Crippen molar-refractivity contribution in [2.45, 2.75) is 0 Å². The molecule has 0 saturated heterocycles. The summed E-state index contributed by atoms with van der Waals surface area (Å²) in [6.07, 6.45) is 3.78. The minimum atomic E-state index is -1.07. The van der Waals surface area contributed by atoms with Crippen LogP contribution in [-0.2, 0) is 0 Å². The summed E-state index contributed by atoms with van der Waals surface area (Å²) in [6, 6.07) is 6.27. The fourth-order valence-electron chi connectivity index (χ4n) is 1.67. The van der Waals surface area contributed by atoms with Crippen LogP contribution >= 0.6 is 0 Å². The van der Waals surface area contributed by atoms with Crippen LogP contribution in [0, 0.1) is 0 Å². The number of rotatable bonds is 2. The Balaban J connectivity index is 2.32. The molecular formula is C12H11NO3. The summed E-state index contributed by atoms with van der Waals surface area (Å²) in [5, 5.41) is 8.97. The summed E-state index contributed by atoms with van der Waals surface area (Å²) in [5.41, 5.74) is 0.304. The summed E-state index contributed by atoms with van der Waals surface area (Å²) in [7, 11) is 0. The van der Waals surface area contributed by atoms with E-state index in [-0.39, 0.29) is 17.0 Å². The van der Waals surface area contributed by atoms with Crippen molar-refractivity contribution < 1.29 is 14.7 Å². The lowest BCUT2D eigenvalue weighted by atomic mass is 10.1. The van der Waals surface area contributed by atoms with Gasteiger partial charge in [0.05, 0.1) is 11.1 Å². The summed E-state index contributed by atoms with van der Waals surface area (Å²) >= 11 is 0. The molecule has 1 N–H and O–H groups in total. The third-order valence-corrected chi connectivity index (χ3v) is 2.49. The van der Waals surface area contributed by atoms with Crippen LogP contribution in [0.5, 0.6) is 0 Å². The molecule has 0 bridgehead atoms. The van der Waals surface area contributed by atoms with E-state index in [2.05, 4.69) is 0 Å². The van der Waals surface area contributed by atoms with Crippen LogP contribution in [0.15, 0.2) is 36.4 Å². The van der Waals surface area contributed by atoms with Crippen molar-refractivity contribution in [3.8, 4) is 0 Å². The predicted molar refractivity (Wildman–Crippen MR) is 58.4 cm³/mol. The topological polar surface area (TPSA) is 57.6 Å². The first-order valence-electron chi connectivity index (χ1n) is 4.97. The standard InChI is InChI=1S/C12H11NO3/c14-11(13-7-3-4-8-13)9-5-1-2-6-10(9)12(15)16/h1-6H,7-8H2,(H,15,16). The molecule has 1 aliphatic rings. The minimum Gasteiger partial charge on any atom is -0.478 e. The molecule has 4 nitrogen and oxygen atoms in total. The molecule has 1 aromatic rings. The second-order valence-corrected chi connectivity index (χ2v) is 3.53. The third-order valence-electron chi connectivity index (χ3n) is 2.49. The lowest BCUT2D eigenvalue weighted by molar-refractivity contribution is 0.0682. The maximum absolute atomic E-state index is 12.0. The average Bonchev–Trinajstić information content (AvgIpc) is 2.81. The predicted octanol–water partition coefficient (Wildman–Crippen LogP) is 1.40. The van der Waals surface area contributed by atoms with Gasteiger partial charge in [-0.15, -0.1) is 0 Å². The number of amides is 1. The number of carbonyl (C=O) groups is 2. The van der Waals surface area contributed by atoms with Gasteiger partial charge in [0.25, 0.3) is 5.91 Å². The largest absolute Gasteiger partial charge is 0.478 e. The highest BCUT2D eigenvalue weighted by molar-refractivity contribution is 6.04. The lowest BCUT2D eigenvalue weighted by Gasteiger charge is -2.16. The quantitative estimate of drug-likeness (QED) is 0.762. The van der Waals surface area contributed by atoms with Gasteiger partial charge in [0, 0.05) is 13.1 Å². The Bertz CT molecular complexity index is 457. The van der Waals surface area contributed by atoms with Crippen molar-refractivity contribution in [1.82, 2.24) is 4.90 Å². The number of nitrogens with zero attached hydrogens (tertiary/aromatic N) is 1. The van der Waals surface area contributed by atoms with E-state index in [0.29, 0.717) is 13.1 Å². The van der Waals surface area contributed by atoms with Gasteiger partial charge in [-0.05, 0) is 12.1 Å². The van der Waals surface area contributed by atoms with E-state index in [1.165, 1.54) is 6.07 Å². The molecule has 1 aliphatic heterocycles. The Morgan fingerprint density at radius 3 is 2.19 bits per heavy atom. The van der Waals surface area contributed by atoms with Gasteiger partial charge in [0.1, 0.15) is 0 Å². The van der Waals surface area contributed by atoms with Gasteiger partial charge >= 0.3 is 5.97 Å². The van der Waals surface area contributed by atoms with Crippen LogP contribution in [0.3, 0.4) is 0 Å². The normalized spacial score (nSPS) is 14.1. The Labute approximate surface area is 92.8 Å². The molecule has 1 aromatic carbocycles. The fraction of sp³-hybridized carbons (Fsp3) is 0.167. The maximum Gasteiger partial charge on any atom is 0.336 e. The first-order chi connectivity index (χ1) is 7.70. The van der Waals surface area contributed by atoms with E-state index in [0.717, 1.165) is 0 Å². The average molecular weight is 217 g/mol. The minimum absolute atomic E-state index is 0.0550. The summed E-state index contributed by atoms with van der Waals surface area (Å²) in [4.78, 5) is 24.5. The zero-order valence-electron chi connectivity index (χ0n) is 8.59. The number of carboxylic acid groups (broad SMARTS) is 1. The van der Waals surface area contributed by atoms with Crippen molar-refractivity contribution in [1.29, 1.82) is 0 Å². The number of benzene rings is 1. The SMILES string of the molecule is O=C(O)c1ccccc1C(=O)N1CC=CC1. The summed E-state index contributed by atoms with van der Waals surface area (Å²) < 4.78 is 0. The van der Waals surface area contributed by atoms with Gasteiger partial charge in [-0.1, -0.05) is 24.3 Å². The molecule has 0 aromatic heterocycles. The molecule has 0 spiro atoms. The Morgan fingerprint density at radius 1 is 1.06 bits per heavy atom. The summed E-state index contributed by atoms with van der Waals surface area (Å²) in [6.45, 7) is 1.10. The molecule has 16 heavy (non-hydrogen) atoms. The maximum atomic E-state index is 12.0. The molecule has 4 heteroatoms. The third kappa shape index (κ3) is 1.82. The van der Waals surface area contributed by atoms with Crippen molar-refractivity contribution in [3.05, 3.63) is 47.5 Å². The van der Waals surface area contributed by atoms with Gasteiger partial charge in [-0.2, -0.15) is 0 Å². The van der Waals surface area contributed by atoms with Crippen LogP contribution in [-0.4, -0.2) is 35.0 Å². The van der Waals surface area contributed by atoms with Crippen molar-refractivity contribution in [3.63, 3.8) is 0 Å². The Morgan fingerprint density at radius 2 is 1.62 bits per heavy atom. The number of hydrogen-bond acceptors (Lipinski definition) is 2. The molecule has 1 amide bonds. The van der Waals surface area contributed by atoms with Gasteiger partial charge in [-0.25, -0.2) is 4.79 Å². The number of carboxylic acids is 1. The van der Waals surface area contributed by atoms with Crippen molar-refractivity contribution in [2.24, 2.45) is 0 Å². The van der Waals surface area contributed by atoms with Crippen molar-refractivity contribution >= 4 is 11.9 Å². The van der Waals surface area contributed by atoms with Gasteiger partial charge < -0.3 is 10.0 Å². The fourth-order valence-corrected chi connectivity index (χ4v) is 1.67. The van der Waals surface area contributed by atoms with E-state index in [4.69, 9.17) is 5.11 Å². The smallest absolute Gasteiger partial charge is 0.336 e. The highest BCUT2D eigenvalue weighted by atomic mass is 16.4. The molecule has 0 atom stereocenters. The zero-order chi connectivity index (χ0) is 11.5. The molecular weight excluding hydrogens is 206 g/mol. The van der Waals surface area contributed by atoms with Gasteiger partial charge in [-0.3, -0.25) is 4.79 Å². The highest BCUT2D eigenvalue weighted by Crippen LogP contribution is 2.13. The van der Waals surface area contributed by atoms with Crippen molar-refractivity contribution in [2.75, 3.05) is 13.1 Å². The molecule has 82 valence electrons. The van der Waals surface area contributed by atoms with E-state index < -0.39 is 5.97 Å². The van der Waals surface area contributed by atoms with E-state index in [1.807, 2.05) is 12.2 Å². The summed E-state index contributed by atoms with van der Waals surface area (Å²) in [5.74, 6) is -1.31. The van der Waals surface area contributed by atoms with Crippen LogP contribution in [0.2, 0.25) is 0 Å². The van der Waals surface area contributed by atoms with E-state index in [1.54, 1.807) is 23.1 Å².